The molecule has 0 amide bonds. The molecule has 2 nitrogen and oxygen atoms in total. The van der Waals surface area contributed by atoms with Crippen molar-refractivity contribution < 1.29 is 0 Å². The summed E-state index contributed by atoms with van der Waals surface area (Å²) in [4.78, 5) is 4.68. The Labute approximate surface area is 97.0 Å². The highest BCUT2D eigenvalue weighted by molar-refractivity contribution is 5.35. The van der Waals surface area contributed by atoms with E-state index in [0.717, 1.165) is 17.9 Å². The van der Waals surface area contributed by atoms with E-state index in [1.165, 1.54) is 17.0 Å². The minimum absolute atomic E-state index is 0.980. The summed E-state index contributed by atoms with van der Waals surface area (Å²) in [6, 6.07) is 8.55. The number of pyridine rings is 1. The molecule has 0 aromatic carbocycles. The number of aryl methyl sites for hydroxylation is 4. The Balaban J connectivity index is 2.60. The summed E-state index contributed by atoms with van der Waals surface area (Å²) in [5.74, 6) is 1.04. The fourth-order valence-corrected chi connectivity index (χ4v) is 2.05. The summed E-state index contributed by atoms with van der Waals surface area (Å²) in [5, 5.41) is 0. The molecule has 0 aliphatic rings. The number of nitrogens with zero attached hydrogens (tertiary/aromatic N) is 2. The summed E-state index contributed by atoms with van der Waals surface area (Å²) in [6.07, 6.45) is 0.980. The van der Waals surface area contributed by atoms with Crippen LogP contribution in [-0.2, 0) is 6.42 Å². The van der Waals surface area contributed by atoms with Gasteiger partial charge in [-0.15, -0.1) is 0 Å². The van der Waals surface area contributed by atoms with Crippen LogP contribution in [0, 0.1) is 20.8 Å². The molecule has 0 aliphatic carbocycles. The molecule has 0 unspecified atom stereocenters. The molecule has 2 heterocycles. The van der Waals surface area contributed by atoms with Gasteiger partial charge in [0.1, 0.15) is 5.82 Å². The maximum absolute atomic E-state index is 4.68. The largest absolute Gasteiger partial charge is 0.303 e. The third-order valence-electron chi connectivity index (χ3n) is 2.87. The van der Waals surface area contributed by atoms with Gasteiger partial charge < -0.3 is 4.57 Å². The molecular weight excluding hydrogens is 196 g/mol. The molecule has 0 N–H and O–H groups in total. The summed E-state index contributed by atoms with van der Waals surface area (Å²) in [7, 11) is 0. The minimum Gasteiger partial charge on any atom is -0.303 e. The average Bonchev–Trinajstić information content (AvgIpc) is 2.57. The molecule has 0 aliphatic heterocycles. The first-order chi connectivity index (χ1) is 7.61. The number of rotatable bonds is 2. The van der Waals surface area contributed by atoms with Crippen molar-refractivity contribution in [2.24, 2.45) is 0 Å². The molecule has 2 aromatic heterocycles. The van der Waals surface area contributed by atoms with E-state index in [9.17, 15) is 0 Å². The van der Waals surface area contributed by atoms with Crippen LogP contribution in [0.4, 0.5) is 0 Å². The minimum atomic E-state index is 0.980. The molecule has 16 heavy (non-hydrogen) atoms. The van der Waals surface area contributed by atoms with Crippen LogP contribution >= 0.6 is 0 Å². The van der Waals surface area contributed by atoms with E-state index in [4.69, 9.17) is 0 Å². The second-order valence-corrected chi connectivity index (χ2v) is 4.30. The van der Waals surface area contributed by atoms with E-state index in [-0.39, 0.29) is 0 Å². The predicted molar refractivity (Wildman–Crippen MR) is 67.2 cm³/mol. The van der Waals surface area contributed by atoms with Crippen LogP contribution in [0.5, 0.6) is 0 Å². The topological polar surface area (TPSA) is 17.8 Å². The Bertz CT molecular complexity index is 490. The monoisotopic (exact) mass is 214 g/mol. The molecule has 0 fully saturated rings. The molecule has 2 aromatic rings. The van der Waals surface area contributed by atoms with Gasteiger partial charge in [-0.2, -0.15) is 0 Å². The van der Waals surface area contributed by atoms with Crippen molar-refractivity contribution in [2.45, 2.75) is 34.1 Å². The highest BCUT2D eigenvalue weighted by atomic mass is 15.1. The van der Waals surface area contributed by atoms with Gasteiger partial charge in [-0.25, -0.2) is 4.98 Å². The smallest absolute Gasteiger partial charge is 0.137 e. The van der Waals surface area contributed by atoms with Crippen molar-refractivity contribution >= 4 is 0 Å². The molecule has 0 bridgehead atoms. The van der Waals surface area contributed by atoms with Crippen LogP contribution in [0.1, 0.15) is 29.6 Å². The van der Waals surface area contributed by atoms with Crippen molar-refractivity contribution in [1.29, 1.82) is 0 Å². The molecule has 0 saturated carbocycles. The van der Waals surface area contributed by atoms with Gasteiger partial charge in [0.25, 0.3) is 0 Å². The fourth-order valence-electron chi connectivity index (χ4n) is 2.05. The lowest BCUT2D eigenvalue weighted by atomic mass is 10.2. The van der Waals surface area contributed by atoms with Gasteiger partial charge in [0.15, 0.2) is 0 Å². The maximum Gasteiger partial charge on any atom is 0.137 e. The van der Waals surface area contributed by atoms with Gasteiger partial charge in [-0.05, 0) is 57.0 Å². The molecule has 0 atom stereocenters. The van der Waals surface area contributed by atoms with E-state index in [2.05, 4.69) is 61.5 Å². The third kappa shape index (κ3) is 1.87. The zero-order valence-corrected chi connectivity index (χ0v) is 10.4. The van der Waals surface area contributed by atoms with Crippen LogP contribution in [-0.4, -0.2) is 9.55 Å². The van der Waals surface area contributed by atoms with E-state index >= 15 is 0 Å². The fraction of sp³-hybridized carbons (Fsp3) is 0.357. The Morgan fingerprint density at radius 3 is 2.25 bits per heavy atom. The Kier molecular flexibility index (Phi) is 2.82. The van der Waals surface area contributed by atoms with Gasteiger partial charge in [-0.1, -0.05) is 6.92 Å². The maximum atomic E-state index is 4.68. The lowest BCUT2D eigenvalue weighted by Gasteiger charge is -2.10. The third-order valence-corrected chi connectivity index (χ3v) is 2.87. The normalized spacial score (nSPS) is 10.8. The Hall–Kier alpha value is -1.57. The number of aromatic nitrogens is 2. The number of hydrogen-bond donors (Lipinski definition) is 0. The van der Waals surface area contributed by atoms with E-state index in [0.29, 0.717) is 0 Å². The first-order valence-electron chi connectivity index (χ1n) is 5.74. The van der Waals surface area contributed by atoms with E-state index in [1.807, 2.05) is 0 Å². The zero-order valence-electron chi connectivity index (χ0n) is 10.4. The van der Waals surface area contributed by atoms with E-state index < -0.39 is 0 Å². The lowest BCUT2D eigenvalue weighted by Crippen LogP contribution is -2.04. The van der Waals surface area contributed by atoms with Gasteiger partial charge in [-0.3, -0.25) is 0 Å². The van der Waals surface area contributed by atoms with Crippen molar-refractivity contribution in [1.82, 2.24) is 9.55 Å². The zero-order chi connectivity index (χ0) is 11.7. The van der Waals surface area contributed by atoms with Crippen molar-refractivity contribution in [2.75, 3.05) is 0 Å². The summed E-state index contributed by atoms with van der Waals surface area (Å²) >= 11 is 0. The van der Waals surface area contributed by atoms with Crippen molar-refractivity contribution in [3.8, 4) is 5.82 Å². The average molecular weight is 214 g/mol. The SMILES string of the molecule is CCc1cc(C)cc(-n2c(C)ccc2C)n1. The number of hydrogen-bond acceptors (Lipinski definition) is 1. The molecule has 2 rings (SSSR count). The summed E-state index contributed by atoms with van der Waals surface area (Å²) in [5.41, 5.74) is 4.90. The molecule has 0 radical (unpaired) electrons. The predicted octanol–water partition coefficient (Wildman–Crippen LogP) is 3.36. The summed E-state index contributed by atoms with van der Waals surface area (Å²) < 4.78 is 2.20. The van der Waals surface area contributed by atoms with E-state index in [1.54, 1.807) is 0 Å². The van der Waals surface area contributed by atoms with Gasteiger partial charge in [0.2, 0.25) is 0 Å². The van der Waals surface area contributed by atoms with Gasteiger partial charge in [0, 0.05) is 17.1 Å². The van der Waals surface area contributed by atoms with Crippen LogP contribution in [0.2, 0.25) is 0 Å². The quantitative estimate of drug-likeness (QED) is 0.749. The first kappa shape index (κ1) is 10.9. The van der Waals surface area contributed by atoms with Crippen molar-refractivity contribution in [3.05, 3.63) is 46.9 Å². The summed E-state index contributed by atoms with van der Waals surface area (Å²) in [6.45, 7) is 8.49. The van der Waals surface area contributed by atoms with Gasteiger partial charge >= 0.3 is 0 Å². The molecular formula is C14H18N2. The van der Waals surface area contributed by atoms with Crippen LogP contribution in [0.3, 0.4) is 0 Å². The first-order valence-corrected chi connectivity index (χ1v) is 5.74. The second kappa shape index (κ2) is 4.12. The van der Waals surface area contributed by atoms with Crippen molar-refractivity contribution in [3.63, 3.8) is 0 Å². The molecule has 84 valence electrons. The van der Waals surface area contributed by atoms with Crippen LogP contribution in [0.25, 0.3) is 5.82 Å². The molecule has 0 spiro atoms. The standard InChI is InChI=1S/C14H18N2/c1-5-13-8-10(2)9-14(15-13)16-11(3)6-7-12(16)4/h6-9H,5H2,1-4H3. The van der Waals surface area contributed by atoms with Crippen LogP contribution < -0.4 is 0 Å². The van der Waals surface area contributed by atoms with Crippen LogP contribution in [0.15, 0.2) is 24.3 Å². The molecule has 0 saturated heterocycles. The van der Waals surface area contributed by atoms with Gasteiger partial charge in [0.05, 0.1) is 0 Å². The second-order valence-electron chi connectivity index (χ2n) is 4.30. The molecule has 2 heteroatoms. The highest BCUT2D eigenvalue weighted by Gasteiger charge is 2.06. The highest BCUT2D eigenvalue weighted by Crippen LogP contribution is 2.16. The lowest BCUT2D eigenvalue weighted by molar-refractivity contribution is 0.892. The Morgan fingerprint density at radius 2 is 1.69 bits per heavy atom. The Morgan fingerprint density at radius 1 is 1.06 bits per heavy atom.